The van der Waals surface area contributed by atoms with E-state index in [0.717, 1.165) is 36.5 Å². The molecule has 140 valence electrons. The predicted octanol–water partition coefficient (Wildman–Crippen LogP) is 6.06. The Morgan fingerprint density at radius 2 is 2.00 bits per heavy atom. The topological polar surface area (TPSA) is 63.1 Å². The molecule has 1 atom stereocenters. The molecule has 0 aromatic carbocycles. The van der Waals surface area contributed by atoms with Gasteiger partial charge in [-0.15, -0.1) is 0 Å². The van der Waals surface area contributed by atoms with Gasteiger partial charge in [0, 0.05) is 40.9 Å². The van der Waals surface area contributed by atoms with Gasteiger partial charge in [-0.05, 0) is 54.3 Å². The quantitative estimate of drug-likeness (QED) is 0.306. The molecule has 2 aromatic heterocycles. The number of hydrogen-bond acceptors (Lipinski definition) is 7. The van der Waals surface area contributed by atoms with E-state index in [1.165, 1.54) is 4.90 Å². The van der Waals surface area contributed by atoms with E-state index < -0.39 is 5.97 Å². The number of pyridine rings is 2. The highest BCUT2D eigenvalue weighted by molar-refractivity contribution is 8.77. The first kappa shape index (κ1) is 21.5. The van der Waals surface area contributed by atoms with Crippen LogP contribution >= 0.6 is 43.2 Å². The summed E-state index contributed by atoms with van der Waals surface area (Å²) in [5.74, 6) is 0.347. The van der Waals surface area contributed by atoms with Crippen molar-refractivity contribution >= 4 is 49.1 Å². The van der Waals surface area contributed by atoms with Gasteiger partial charge in [-0.3, -0.25) is 9.78 Å². The van der Waals surface area contributed by atoms with Gasteiger partial charge in [0.25, 0.3) is 0 Å². The molecular weight excluding hydrogens is 404 g/mol. The lowest BCUT2D eigenvalue weighted by Gasteiger charge is -2.15. The second kappa shape index (κ2) is 13.4. The standard InChI is InChI=1S/C18H22N2O2S4/c21-18(22)9-2-1-6-15(25-26-17-8-3-4-12-20-17)10-13-23-24-16-7-5-11-19-14-16/h3-5,7-8,11-12,14-15H,1-2,6,9-10,13H2,(H,21,22). The highest BCUT2D eigenvalue weighted by atomic mass is 33.1. The van der Waals surface area contributed by atoms with Crippen LogP contribution in [0.1, 0.15) is 32.1 Å². The summed E-state index contributed by atoms with van der Waals surface area (Å²) in [6.45, 7) is 0. The molecule has 4 nitrogen and oxygen atoms in total. The van der Waals surface area contributed by atoms with Crippen LogP contribution in [0.2, 0.25) is 0 Å². The fraction of sp³-hybridized carbons (Fsp3) is 0.389. The zero-order chi connectivity index (χ0) is 18.5. The van der Waals surface area contributed by atoms with Crippen LogP contribution in [0.4, 0.5) is 0 Å². The molecule has 0 saturated carbocycles. The van der Waals surface area contributed by atoms with Crippen molar-refractivity contribution in [2.45, 2.75) is 47.3 Å². The van der Waals surface area contributed by atoms with Gasteiger partial charge in [0.2, 0.25) is 0 Å². The molecule has 0 amide bonds. The Morgan fingerprint density at radius 3 is 2.73 bits per heavy atom. The second-order valence-electron chi connectivity index (χ2n) is 5.49. The normalized spacial score (nSPS) is 12.0. The number of carboxylic acid groups (broad SMARTS) is 1. The minimum Gasteiger partial charge on any atom is -0.481 e. The summed E-state index contributed by atoms with van der Waals surface area (Å²) in [6.07, 6.45) is 9.57. The molecule has 0 saturated heterocycles. The van der Waals surface area contributed by atoms with Gasteiger partial charge in [-0.25, -0.2) is 4.98 Å². The molecule has 2 rings (SSSR count). The number of aliphatic carboxylic acids is 1. The van der Waals surface area contributed by atoms with Gasteiger partial charge in [0.05, 0.1) is 0 Å². The number of rotatable bonds is 13. The molecule has 0 bridgehead atoms. The average Bonchev–Trinajstić information content (AvgIpc) is 2.67. The summed E-state index contributed by atoms with van der Waals surface area (Å²) >= 11 is 0. The molecule has 2 aromatic rings. The van der Waals surface area contributed by atoms with E-state index in [4.69, 9.17) is 5.11 Å². The highest BCUT2D eigenvalue weighted by Gasteiger charge is 2.12. The zero-order valence-electron chi connectivity index (χ0n) is 14.3. The third-order valence-corrected chi connectivity index (χ3v) is 8.64. The Kier molecular flexibility index (Phi) is 11.0. The third kappa shape index (κ3) is 9.75. The first-order chi connectivity index (χ1) is 12.7. The fourth-order valence-corrected chi connectivity index (χ4v) is 6.85. The van der Waals surface area contributed by atoms with E-state index in [9.17, 15) is 4.79 Å². The lowest BCUT2D eigenvalue weighted by Crippen LogP contribution is -2.04. The number of unbranched alkanes of at least 4 members (excludes halogenated alkanes) is 1. The van der Waals surface area contributed by atoms with Gasteiger partial charge >= 0.3 is 5.97 Å². The summed E-state index contributed by atoms with van der Waals surface area (Å²) < 4.78 is 0. The molecule has 0 radical (unpaired) electrons. The smallest absolute Gasteiger partial charge is 0.303 e. The first-order valence-corrected chi connectivity index (χ1v) is 12.9. The molecule has 0 spiro atoms. The van der Waals surface area contributed by atoms with Crippen molar-refractivity contribution in [1.82, 2.24) is 9.97 Å². The van der Waals surface area contributed by atoms with Crippen LogP contribution in [-0.4, -0.2) is 32.0 Å². The van der Waals surface area contributed by atoms with Crippen molar-refractivity contribution in [3.05, 3.63) is 48.9 Å². The number of hydrogen-bond donors (Lipinski definition) is 1. The molecule has 1 N–H and O–H groups in total. The monoisotopic (exact) mass is 426 g/mol. The van der Waals surface area contributed by atoms with Crippen molar-refractivity contribution in [2.75, 3.05) is 5.75 Å². The van der Waals surface area contributed by atoms with E-state index in [-0.39, 0.29) is 6.42 Å². The van der Waals surface area contributed by atoms with Crippen molar-refractivity contribution in [3.8, 4) is 0 Å². The van der Waals surface area contributed by atoms with E-state index in [1.807, 2.05) is 58.2 Å². The van der Waals surface area contributed by atoms with Crippen LogP contribution < -0.4 is 0 Å². The summed E-state index contributed by atoms with van der Waals surface area (Å²) in [4.78, 5) is 20.3. The third-order valence-electron chi connectivity index (χ3n) is 3.39. The molecular formula is C18H22N2O2S4. The number of aromatic nitrogens is 2. The molecule has 26 heavy (non-hydrogen) atoms. The van der Waals surface area contributed by atoms with E-state index in [1.54, 1.807) is 27.8 Å². The zero-order valence-corrected chi connectivity index (χ0v) is 17.6. The Labute approximate surface area is 170 Å². The number of carboxylic acids is 1. The molecule has 1 unspecified atom stereocenters. The van der Waals surface area contributed by atoms with Gasteiger partial charge in [-0.2, -0.15) is 0 Å². The summed E-state index contributed by atoms with van der Waals surface area (Å²) in [6, 6.07) is 9.96. The molecule has 0 aliphatic heterocycles. The summed E-state index contributed by atoms with van der Waals surface area (Å²) in [7, 11) is 7.16. The fourth-order valence-electron chi connectivity index (χ4n) is 2.09. The lowest BCUT2D eigenvalue weighted by atomic mass is 10.1. The maximum Gasteiger partial charge on any atom is 0.303 e. The van der Waals surface area contributed by atoms with Crippen molar-refractivity contribution in [2.24, 2.45) is 0 Å². The number of carbonyl (C=O) groups is 1. The highest BCUT2D eigenvalue weighted by Crippen LogP contribution is 2.39. The van der Waals surface area contributed by atoms with Crippen molar-refractivity contribution < 1.29 is 9.90 Å². The van der Waals surface area contributed by atoms with E-state index in [2.05, 4.69) is 16.0 Å². The molecule has 2 heterocycles. The Hall–Kier alpha value is -0.830. The van der Waals surface area contributed by atoms with Crippen molar-refractivity contribution in [3.63, 3.8) is 0 Å². The largest absolute Gasteiger partial charge is 0.481 e. The summed E-state index contributed by atoms with van der Waals surface area (Å²) in [5, 5.41) is 10.3. The predicted molar refractivity (Wildman–Crippen MR) is 115 cm³/mol. The maximum atomic E-state index is 10.7. The Morgan fingerprint density at radius 1 is 1.08 bits per heavy atom. The molecule has 0 fully saturated rings. The van der Waals surface area contributed by atoms with Crippen molar-refractivity contribution in [1.29, 1.82) is 0 Å². The molecule has 0 aliphatic carbocycles. The van der Waals surface area contributed by atoms with Crippen LogP contribution in [-0.2, 0) is 4.79 Å². The number of nitrogens with zero attached hydrogens (tertiary/aromatic N) is 2. The van der Waals surface area contributed by atoms with Crippen LogP contribution in [0.25, 0.3) is 0 Å². The van der Waals surface area contributed by atoms with Gasteiger partial charge in [0.1, 0.15) is 5.03 Å². The lowest BCUT2D eigenvalue weighted by molar-refractivity contribution is -0.137. The van der Waals surface area contributed by atoms with Crippen LogP contribution in [0, 0.1) is 0 Å². The Bertz CT molecular complexity index is 632. The minimum absolute atomic E-state index is 0.260. The first-order valence-electron chi connectivity index (χ1n) is 8.39. The minimum atomic E-state index is -0.708. The van der Waals surface area contributed by atoms with Crippen LogP contribution in [0.5, 0.6) is 0 Å². The summed E-state index contributed by atoms with van der Waals surface area (Å²) in [5.41, 5.74) is 0. The van der Waals surface area contributed by atoms with Gasteiger partial charge < -0.3 is 5.11 Å². The van der Waals surface area contributed by atoms with Gasteiger partial charge in [0.15, 0.2) is 0 Å². The van der Waals surface area contributed by atoms with E-state index in [0.29, 0.717) is 5.25 Å². The average molecular weight is 427 g/mol. The Balaban J connectivity index is 1.72. The molecule has 8 heteroatoms. The second-order valence-corrected chi connectivity index (χ2v) is 10.5. The van der Waals surface area contributed by atoms with Gasteiger partial charge in [-0.1, -0.05) is 44.9 Å². The van der Waals surface area contributed by atoms with Crippen LogP contribution in [0.3, 0.4) is 0 Å². The SMILES string of the molecule is O=C(O)CCCCC(CCSSc1cccnc1)SSc1ccccn1. The maximum absolute atomic E-state index is 10.7. The van der Waals surface area contributed by atoms with E-state index >= 15 is 0 Å². The molecule has 0 aliphatic rings. The van der Waals surface area contributed by atoms with Crippen LogP contribution in [0.15, 0.2) is 58.8 Å².